The van der Waals surface area contributed by atoms with Gasteiger partial charge in [-0.3, -0.25) is 9.36 Å². The lowest BCUT2D eigenvalue weighted by Gasteiger charge is -2.34. The number of thioether (sulfide) groups is 1. The summed E-state index contributed by atoms with van der Waals surface area (Å²) >= 11 is 1.62. The number of hydrogen-bond donors (Lipinski definition) is 1. The molecule has 2 aromatic carbocycles. The highest BCUT2D eigenvalue weighted by atomic mass is 32.2. The fourth-order valence-corrected chi connectivity index (χ4v) is 4.91. The van der Waals surface area contributed by atoms with Gasteiger partial charge in [-0.05, 0) is 56.5 Å². The van der Waals surface area contributed by atoms with Gasteiger partial charge in [0.1, 0.15) is 5.75 Å². The Bertz CT molecular complexity index is 1070. The molecule has 0 aliphatic carbocycles. The van der Waals surface area contributed by atoms with Crippen LogP contribution in [0.3, 0.4) is 0 Å². The van der Waals surface area contributed by atoms with Gasteiger partial charge in [-0.1, -0.05) is 42.1 Å². The Balaban J connectivity index is 1.52. The van der Waals surface area contributed by atoms with Crippen LogP contribution in [0.2, 0.25) is 0 Å². The maximum atomic E-state index is 12.9. The number of amides is 1. The lowest BCUT2D eigenvalue weighted by Crippen LogP contribution is -2.41. The monoisotopic (exact) mass is 466 g/mol. The zero-order chi connectivity index (χ0) is 23.3. The summed E-state index contributed by atoms with van der Waals surface area (Å²) in [6, 6.07) is 18.0. The summed E-state index contributed by atoms with van der Waals surface area (Å²) < 4.78 is 13.1. The predicted molar refractivity (Wildman–Crippen MR) is 129 cm³/mol. The number of nitrogens with zero attached hydrogens (tertiary/aromatic N) is 3. The first-order valence-electron chi connectivity index (χ1n) is 11.1. The molecule has 1 unspecified atom stereocenters. The Kier molecular flexibility index (Phi) is 7.35. The van der Waals surface area contributed by atoms with E-state index in [1.54, 1.807) is 18.9 Å². The maximum Gasteiger partial charge on any atom is 0.223 e. The molecule has 1 fully saturated rings. The Labute approximate surface area is 198 Å². The minimum absolute atomic E-state index is 0.0362. The van der Waals surface area contributed by atoms with Gasteiger partial charge < -0.3 is 14.8 Å². The van der Waals surface area contributed by atoms with Gasteiger partial charge in [0, 0.05) is 24.0 Å². The van der Waals surface area contributed by atoms with E-state index in [1.165, 1.54) is 5.56 Å². The van der Waals surface area contributed by atoms with Crippen LogP contribution >= 0.6 is 11.8 Å². The third kappa shape index (κ3) is 5.94. The van der Waals surface area contributed by atoms with Gasteiger partial charge >= 0.3 is 0 Å². The molecule has 7 nitrogen and oxygen atoms in total. The molecule has 0 radical (unpaired) electrons. The molecule has 1 amide bonds. The smallest absolute Gasteiger partial charge is 0.223 e. The largest absolute Gasteiger partial charge is 0.497 e. The van der Waals surface area contributed by atoms with Crippen molar-refractivity contribution >= 4 is 17.7 Å². The molecule has 1 aliphatic heterocycles. The van der Waals surface area contributed by atoms with Crippen molar-refractivity contribution in [2.45, 2.75) is 49.7 Å². The molecule has 1 saturated heterocycles. The van der Waals surface area contributed by atoms with Crippen LogP contribution in [-0.4, -0.2) is 40.0 Å². The number of nitrogens with one attached hydrogen (secondary N) is 1. The molecule has 0 saturated carbocycles. The van der Waals surface area contributed by atoms with E-state index in [1.807, 2.05) is 60.9 Å². The van der Waals surface area contributed by atoms with Gasteiger partial charge in [0.15, 0.2) is 11.0 Å². The number of methoxy groups -OCH3 is 1. The molecule has 1 aliphatic rings. The van der Waals surface area contributed by atoms with Crippen molar-refractivity contribution in [2.24, 2.45) is 5.92 Å². The van der Waals surface area contributed by atoms with Gasteiger partial charge in [0.05, 0.1) is 19.3 Å². The Morgan fingerprint density at radius 2 is 1.94 bits per heavy atom. The minimum atomic E-state index is -0.273. The quantitative estimate of drug-likeness (QED) is 0.496. The van der Waals surface area contributed by atoms with Crippen molar-refractivity contribution in [2.75, 3.05) is 13.7 Å². The van der Waals surface area contributed by atoms with Gasteiger partial charge in [-0.2, -0.15) is 0 Å². The average Bonchev–Trinajstić information content (AvgIpc) is 3.24. The molecular formula is C25H30N4O3S. The maximum absolute atomic E-state index is 12.9. The summed E-state index contributed by atoms with van der Waals surface area (Å²) in [6.45, 7) is 4.97. The van der Waals surface area contributed by atoms with Crippen LogP contribution in [0.1, 0.15) is 38.1 Å². The van der Waals surface area contributed by atoms with Gasteiger partial charge in [0.25, 0.3) is 0 Å². The first-order chi connectivity index (χ1) is 15.9. The number of benzene rings is 2. The summed E-state index contributed by atoms with van der Waals surface area (Å²) in [4.78, 5) is 12.9. The molecule has 1 N–H and O–H groups in total. The molecular weight excluding hydrogens is 436 g/mol. The third-order valence-electron chi connectivity index (χ3n) is 5.73. The predicted octanol–water partition coefficient (Wildman–Crippen LogP) is 4.39. The number of carbonyl (C=O) groups excluding carboxylic acids is 1. The Morgan fingerprint density at radius 3 is 2.64 bits per heavy atom. The Morgan fingerprint density at radius 1 is 1.18 bits per heavy atom. The molecule has 1 aromatic heterocycles. The van der Waals surface area contributed by atoms with E-state index in [-0.39, 0.29) is 17.4 Å². The van der Waals surface area contributed by atoms with Gasteiger partial charge in [-0.25, -0.2) is 0 Å². The van der Waals surface area contributed by atoms with Crippen LogP contribution in [0.15, 0.2) is 59.8 Å². The minimum Gasteiger partial charge on any atom is -0.497 e. The molecule has 33 heavy (non-hydrogen) atoms. The van der Waals surface area contributed by atoms with Crippen LogP contribution in [-0.2, 0) is 21.8 Å². The normalized spacial score (nSPS) is 17.5. The second-order valence-electron chi connectivity index (χ2n) is 8.72. The summed E-state index contributed by atoms with van der Waals surface area (Å²) in [5.41, 5.74) is 1.86. The third-order valence-corrected chi connectivity index (χ3v) is 6.73. The standard InChI is InChI=1S/C25H30N4O3S/c1-25(2)15-19(13-14-32-25)23(30)26-16-22-27-28-24(33-17-18-7-5-4-6-8-18)29(22)20-9-11-21(31-3)12-10-20/h4-12,19H,13-17H2,1-3H3,(H,26,30). The van der Waals surface area contributed by atoms with Crippen molar-refractivity contribution in [3.05, 3.63) is 66.0 Å². The lowest BCUT2D eigenvalue weighted by molar-refractivity contribution is -0.135. The zero-order valence-electron chi connectivity index (χ0n) is 19.3. The molecule has 4 rings (SSSR count). The first-order valence-corrected chi connectivity index (χ1v) is 12.1. The summed E-state index contributed by atoms with van der Waals surface area (Å²) in [5, 5.41) is 12.7. The van der Waals surface area contributed by atoms with Gasteiger partial charge in [-0.15, -0.1) is 10.2 Å². The van der Waals surface area contributed by atoms with Crippen LogP contribution in [0.4, 0.5) is 0 Å². The fourth-order valence-electron chi connectivity index (χ4n) is 3.99. The Hall–Kier alpha value is -2.84. The summed E-state index contributed by atoms with van der Waals surface area (Å²) in [7, 11) is 1.65. The van der Waals surface area contributed by atoms with Crippen LogP contribution < -0.4 is 10.1 Å². The molecule has 0 spiro atoms. The highest BCUT2D eigenvalue weighted by Crippen LogP contribution is 2.29. The summed E-state index contributed by atoms with van der Waals surface area (Å²) in [6.07, 6.45) is 1.45. The highest BCUT2D eigenvalue weighted by Gasteiger charge is 2.33. The highest BCUT2D eigenvalue weighted by molar-refractivity contribution is 7.98. The van der Waals surface area contributed by atoms with Crippen LogP contribution in [0.25, 0.3) is 5.69 Å². The zero-order valence-corrected chi connectivity index (χ0v) is 20.1. The molecule has 2 heterocycles. The second kappa shape index (κ2) is 10.4. The molecule has 1 atom stereocenters. The molecule has 0 bridgehead atoms. The average molecular weight is 467 g/mol. The van der Waals surface area contributed by atoms with E-state index in [0.29, 0.717) is 25.4 Å². The van der Waals surface area contributed by atoms with E-state index in [2.05, 4.69) is 27.6 Å². The van der Waals surface area contributed by atoms with E-state index in [9.17, 15) is 4.79 Å². The number of carbonyl (C=O) groups is 1. The molecule has 3 aromatic rings. The number of aromatic nitrogens is 3. The number of rotatable bonds is 8. The van der Waals surface area contributed by atoms with E-state index in [4.69, 9.17) is 9.47 Å². The van der Waals surface area contributed by atoms with Crippen molar-refractivity contribution in [3.8, 4) is 11.4 Å². The summed E-state index contributed by atoms with van der Waals surface area (Å²) in [5.74, 6) is 2.23. The van der Waals surface area contributed by atoms with E-state index >= 15 is 0 Å². The van der Waals surface area contributed by atoms with Gasteiger partial charge in [0.2, 0.25) is 5.91 Å². The van der Waals surface area contributed by atoms with E-state index in [0.717, 1.165) is 28.8 Å². The van der Waals surface area contributed by atoms with E-state index < -0.39 is 0 Å². The SMILES string of the molecule is COc1ccc(-n2c(CNC(=O)C3CCOC(C)(C)C3)nnc2SCc2ccccc2)cc1. The van der Waals surface area contributed by atoms with Crippen molar-refractivity contribution in [1.82, 2.24) is 20.1 Å². The molecule has 174 valence electrons. The molecule has 8 heteroatoms. The van der Waals surface area contributed by atoms with Crippen LogP contribution in [0, 0.1) is 5.92 Å². The van der Waals surface area contributed by atoms with Crippen molar-refractivity contribution < 1.29 is 14.3 Å². The fraction of sp³-hybridized carbons (Fsp3) is 0.400. The first kappa shape index (κ1) is 23.3. The van der Waals surface area contributed by atoms with Crippen molar-refractivity contribution in [1.29, 1.82) is 0 Å². The lowest BCUT2D eigenvalue weighted by atomic mass is 9.88. The van der Waals surface area contributed by atoms with Crippen molar-refractivity contribution in [3.63, 3.8) is 0 Å². The topological polar surface area (TPSA) is 78.3 Å². The van der Waals surface area contributed by atoms with Crippen LogP contribution in [0.5, 0.6) is 5.75 Å². The second-order valence-corrected chi connectivity index (χ2v) is 9.66. The number of ether oxygens (including phenoxy) is 2. The number of hydrogen-bond acceptors (Lipinski definition) is 6.